The van der Waals surface area contributed by atoms with Crippen molar-refractivity contribution < 1.29 is 13.2 Å². The largest absolute Gasteiger partial charge is 0.347 e. The molecule has 2 aromatic rings. The van der Waals surface area contributed by atoms with E-state index in [1.165, 1.54) is 49.0 Å². The van der Waals surface area contributed by atoms with Gasteiger partial charge in [0.15, 0.2) is 0 Å². The Morgan fingerprint density at radius 2 is 1.66 bits per heavy atom. The number of hydrogen-bond donors (Lipinski definition) is 1. The lowest BCUT2D eigenvalue weighted by molar-refractivity contribution is 0.0951. The van der Waals surface area contributed by atoms with E-state index >= 15 is 0 Å². The van der Waals surface area contributed by atoms with Crippen LogP contribution >= 0.6 is 11.3 Å². The third-order valence-corrected chi connectivity index (χ3v) is 9.42. The van der Waals surface area contributed by atoms with Gasteiger partial charge in [-0.05, 0) is 61.4 Å². The SMILES string of the molecule is O=C(NCc1ccc(S(=O)(=O)N2CCCC2)s1)c1ccc(C2CCCCC2)cc1. The van der Waals surface area contributed by atoms with E-state index in [0.717, 1.165) is 17.7 Å². The minimum absolute atomic E-state index is 0.127. The van der Waals surface area contributed by atoms with Gasteiger partial charge in [0.05, 0.1) is 6.54 Å². The van der Waals surface area contributed by atoms with Crippen molar-refractivity contribution in [2.24, 2.45) is 0 Å². The normalized spacial score (nSPS) is 18.8. The summed E-state index contributed by atoms with van der Waals surface area (Å²) in [5.41, 5.74) is 1.97. The molecule has 0 unspecified atom stereocenters. The van der Waals surface area contributed by atoms with Crippen molar-refractivity contribution in [1.82, 2.24) is 9.62 Å². The van der Waals surface area contributed by atoms with Crippen LogP contribution in [0.4, 0.5) is 0 Å². The van der Waals surface area contributed by atoms with Crippen LogP contribution in [0.1, 0.15) is 71.7 Å². The molecule has 2 fully saturated rings. The third-order valence-electron chi connectivity index (χ3n) is 5.97. The quantitative estimate of drug-likeness (QED) is 0.730. The fraction of sp³-hybridized carbons (Fsp3) is 0.500. The molecule has 1 aliphatic carbocycles. The number of hydrogen-bond acceptors (Lipinski definition) is 4. The number of sulfonamides is 1. The van der Waals surface area contributed by atoms with Gasteiger partial charge in [0, 0.05) is 23.5 Å². The Labute approximate surface area is 177 Å². The molecular weight excluding hydrogens is 404 g/mol. The molecule has 4 rings (SSSR count). The third kappa shape index (κ3) is 4.73. The highest BCUT2D eigenvalue weighted by molar-refractivity contribution is 7.91. The average Bonchev–Trinajstić information content (AvgIpc) is 3.45. The number of carbonyl (C=O) groups is 1. The van der Waals surface area contributed by atoms with Gasteiger partial charge in [-0.15, -0.1) is 11.3 Å². The summed E-state index contributed by atoms with van der Waals surface area (Å²) in [6, 6.07) is 11.4. The van der Waals surface area contributed by atoms with Gasteiger partial charge < -0.3 is 5.32 Å². The highest BCUT2D eigenvalue weighted by Gasteiger charge is 2.28. The van der Waals surface area contributed by atoms with E-state index in [-0.39, 0.29) is 5.91 Å². The zero-order valence-electron chi connectivity index (χ0n) is 16.6. The number of nitrogens with zero attached hydrogens (tertiary/aromatic N) is 1. The Morgan fingerprint density at radius 1 is 0.966 bits per heavy atom. The molecule has 1 amide bonds. The molecule has 0 radical (unpaired) electrons. The zero-order chi connectivity index (χ0) is 20.3. The molecule has 1 saturated heterocycles. The smallest absolute Gasteiger partial charge is 0.252 e. The van der Waals surface area contributed by atoms with Crippen molar-refractivity contribution in [3.8, 4) is 0 Å². The first-order chi connectivity index (χ1) is 14.0. The van der Waals surface area contributed by atoms with Crippen LogP contribution in [0.2, 0.25) is 0 Å². The first-order valence-electron chi connectivity index (χ1n) is 10.5. The second kappa shape index (κ2) is 8.98. The molecule has 1 aromatic carbocycles. The van der Waals surface area contributed by atoms with Gasteiger partial charge in [-0.25, -0.2) is 8.42 Å². The summed E-state index contributed by atoms with van der Waals surface area (Å²) < 4.78 is 27.1. The monoisotopic (exact) mass is 432 g/mol. The molecule has 0 bridgehead atoms. The van der Waals surface area contributed by atoms with E-state index in [1.54, 1.807) is 16.4 Å². The van der Waals surface area contributed by atoms with Crippen LogP contribution in [0.15, 0.2) is 40.6 Å². The van der Waals surface area contributed by atoms with Crippen molar-refractivity contribution in [1.29, 1.82) is 0 Å². The maximum Gasteiger partial charge on any atom is 0.252 e. The minimum Gasteiger partial charge on any atom is -0.347 e. The number of carbonyl (C=O) groups excluding carboxylic acids is 1. The van der Waals surface area contributed by atoms with Crippen molar-refractivity contribution >= 4 is 27.3 Å². The zero-order valence-corrected chi connectivity index (χ0v) is 18.2. The number of benzene rings is 1. The van der Waals surface area contributed by atoms with Crippen LogP contribution in [-0.4, -0.2) is 31.7 Å². The minimum atomic E-state index is -3.39. The topological polar surface area (TPSA) is 66.5 Å². The van der Waals surface area contributed by atoms with Crippen molar-refractivity contribution in [2.75, 3.05) is 13.1 Å². The number of rotatable bonds is 6. The van der Waals surface area contributed by atoms with Gasteiger partial charge in [0.25, 0.3) is 15.9 Å². The van der Waals surface area contributed by atoms with Crippen molar-refractivity contribution in [2.45, 2.75) is 61.6 Å². The molecule has 5 nitrogen and oxygen atoms in total. The molecule has 0 atom stereocenters. The predicted molar refractivity (Wildman–Crippen MR) is 116 cm³/mol. The summed E-state index contributed by atoms with van der Waals surface area (Å²) in [7, 11) is -3.39. The number of nitrogens with one attached hydrogen (secondary N) is 1. The molecule has 2 heterocycles. The van der Waals surface area contributed by atoms with E-state index in [4.69, 9.17) is 0 Å². The molecule has 1 aliphatic heterocycles. The first kappa shape index (κ1) is 20.6. The van der Waals surface area contributed by atoms with Gasteiger partial charge in [-0.2, -0.15) is 4.31 Å². The summed E-state index contributed by atoms with van der Waals surface area (Å²) in [6.07, 6.45) is 8.26. The number of thiophene rings is 1. The Kier molecular flexibility index (Phi) is 6.37. The highest BCUT2D eigenvalue weighted by atomic mass is 32.2. The summed E-state index contributed by atoms with van der Waals surface area (Å²) in [5.74, 6) is 0.500. The molecule has 7 heteroatoms. The van der Waals surface area contributed by atoms with E-state index in [0.29, 0.717) is 35.3 Å². The molecule has 156 valence electrons. The molecular formula is C22H28N2O3S2. The molecule has 2 aliphatic rings. The van der Waals surface area contributed by atoms with Crippen LogP contribution in [-0.2, 0) is 16.6 Å². The Balaban J connectivity index is 1.34. The van der Waals surface area contributed by atoms with Crippen molar-refractivity contribution in [3.05, 3.63) is 52.4 Å². The van der Waals surface area contributed by atoms with Gasteiger partial charge in [0.1, 0.15) is 4.21 Å². The summed E-state index contributed by atoms with van der Waals surface area (Å²) in [4.78, 5) is 13.3. The van der Waals surface area contributed by atoms with E-state index < -0.39 is 10.0 Å². The van der Waals surface area contributed by atoms with Crippen LogP contribution in [0.3, 0.4) is 0 Å². The lowest BCUT2D eigenvalue weighted by Gasteiger charge is -2.22. The van der Waals surface area contributed by atoms with Gasteiger partial charge in [-0.1, -0.05) is 31.4 Å². The first-order valence-corrected chi connectivity index (χ1v) is 12.8. The maximum absolute atomic E-state index is 12.6. The molecule has 0 spiro atoms. The summed E-state index contributed by atoms with van der Waals surface area (Å²) >= 11 is 1.24. The Bertz CT molecular complexity index is 939. The van der Waals surface area contributed by atoms with Gasteiger partial charge in [0.2, 0.25) is 0 Å². The summed E-state index contributed by atoms with van der Waals surface area (Å²) in [6.45, 7) is 1.54. The van der Waals surface area contributed by atoms with Gasteiger partial charge in [-0.3, -0.25) is 4.79 Å². The standard InChI is InChI=1S/C22H28N2O3S2/c25-22(19-10-8-18(9-11-19)17-6-2-1-3-7-17)23-16-20-12-13-21(28-20)29(26,27)24-14-4-5-15-24/h8-13,17H,1-7,14-16H2,(H,23,25). The Hall–Kier alpha value is -1.70. The summed E-state index contributed by atoms with van der Waals surface area (Å²) in [5, 5.41) is 2.91. The fourth-order valence-electron chi connectivity index (χ4n) is 4.26. The molecule has 1 N–H and O–H groups in total. The highest BCUT2D eigenvalue weighted by Crippen LogP contribution is 2.32. The lowest BCUT2D eigenvalue weighted by atomic mass is 9.84. The number of amides is 1. The molecule has 1 saturated carbocycles. The van der Waals surface area contributed by atoms with Crippen LogP contribution < -0.4 is 5.32 Å². The predicted octanol–water partition coefficient (Wildman–Crippen LogP) is 4.51. The van der Waals surface area contributed by atoms with E-state index in [1.807, 2.05) is 12.1 Å². The lowest BCUT2D eigenvalue weighted by Crippen LogP contribution is -2.27. The van der Waals surface area contributed by atoms with Crippen LogP contribution in [0.5, 0.6) is 0 Å². The van der Waals surface area contributed by atoms with E-state index in [9.17, 15) is 13.2 Å². The Morgan fingerprint density at radius 3 is 2.34 bits per heavy atom. The second-order valence-corrected chi connectivity index (χ2v) is 11.3. The fourth-order valence-corrected chi connectivity index (χ4v) is 7.23. The molecule has 1 aromatic heterocycles. The average molecular weight is 433 g/mol. The van der Waals surface area contributed by atoms with Crippen LogP contribution in [0, 0.1) is 0 Å². The van der Waals surface area contributed by atoms with Gasteiger partial charge >= 0.3 is 0 Å². The van der Waals surface area contributed by atoms with Crippen LogP contribution in [0.25, 0.3) is 0 Å². The second-order valence-electron chi connectivity index (χ2n) is 7.97. The molecule has 29 heavy (non-hydrogen) atoms. The van der Waals surface area contributed by atoms with E-state index in [2.05, 4.69) is 17.4 Å². The van der Waals surface area contributed by atoms with Crippen molar-refractivity contribution in [3.63, 3.8) is 0 Å². The maximum atomic E-state index is 12.6.